The lowest BCUT2D eigenvalue weighted by Crippen LogP contribution is -2.39. The Morgan fingerprint density at radius 1 is 1.00 bits per heavy atom. The SMILES string of the molecule is CCc1ccccc1NC(=S)C(=C([O-])c1ccc(F)cc1)[n+]1ccccc1. The van der Waals surface area contributed by atoms with Crippen LogP contribution in [0.2, 0.25) is 0 Å². The van der Waals surface area contributed by atoms with E-state index < -0.39 is 5.82 Å². The fourth-order valence-electron chi connectivity index (χ4n) is 2.76. The molecule has 0 fully saturated rings. The molecule has 3 rings (SSSR count). The minimum Gasteiger partial charge on any atom is -0.867 e. The number of pyridine rings is 1. The number of rotatable bonds is 5. The van der Waals surface area contributed by atoms with E-state index in [2.05, 4.69) is 12.2 Å². The van der Waals surface area contributed by atoms with Gasteiger partial charge in [0.05, 0.1) is 0 Å². The first kappa shape index (κ1) is 18.7. The van der Waals surface area contributed by atoms with Gasteiger partial charge in [-0.2, -0.15) is 4.57 Å². The van der Waals surface area contributed by atoms with Crippen LogP contribution in [0.1, 0.15) is 18.1 Å². The normalized spacial score (nSPS) is 11.6. The maximum atomic E-state index is 13.2. The number of thiocarbonyl (C=S) groups is 1. The Hall–Kier alpha value is -3.05. The zero-order valence-corrected chi connectivity index (χ0v) is 15.7. The summed E-state index contributed by atoms with van der Waals surface area (Å²) in [5, 5.41) is 16.3. The van der Waals surface area contributed by atoms with Crippen molar-refractivity contribution in [1.82, 2.24) is 0 Å². The van der Waals surface area contributed by atoms with Gasteiger partial charge in [-0.05, 0) is 41.5 Å². The molecule has 0 saturated heterocycles. The van der Waals surface area contributed by atoms with Crippen LogP contribution >= 0.6 is 12.2 Å². The van der Waals surface area contributed by atoms with E-state index in [-0.39, 0.29) is 5.76 Å². The molecule has 1 aromatic heterocycles. The summed E-state index contributed by atoms with van der Waals surface area (Å²) in [5.74, 6) is -0.671. The van der Waals surface area contributed by atoms with Gasteiger partial charge in [0, 0.05) is 17.8 Å². The van der Waals surface area contributed by atoms with Crippen LogP contribution in [0.4, 0.5) is 10.1 Å². The number of aromatic nitrogens is 1. The Morgan fingerprint density at radius 3 is 2.33 bits per heavy atom. The van der Waals surface area contributed by atoms with Crippen LogP contribution < -0.4 is 15.0 Å². The number of nitrogens with one attached hydrogen (secondary N) is 1. The Labute approximate surface area is 163 Å². The zero-order valence-electron chi connectivity index (χ0n) is 14.9. The van der Waals surface area contributed by atoms with Gasteiger partial charge in [0.1, 0.15) is 5.82 Å². The third-order valence-electron chi connectivity index (χ3n) is 4.16. The van der Waals surface area contributed by atoms with E-state index in [9.17, 15) is 9.50 Å². The molecular weight excluding hydrogens is 359 g/mol. The summed E-state index contributed by atoms with van der Waals surface area (Å²) >= 11 is 5.59. The lowest BCUT2D eigenvalue weighted by Gasteiger charge is -2.18. The number of anilines is 1. The maximum absolute atomic E-state index is 13.2. The zero-order chi connectivity index (χ0) is 19.2. The molecule has 1 N–H and O–H groups in total. The van der Waals surface area contributed by atoms with Crippen LogP contribution in [0.15, 0.2) is 79.1 Å². The quantitative estimate of drug-likeness (QED) is 0.318. The lowest BCUT2D eigenvalue weighted by atomic mass is 10.1. The second-order valence-electron chi connectivity index (χ2n) is 5.93. The highest BCUT2D eigenvalue weighted by Gasteiger charge is 2.19. The summed E-state index contributed by atoms with van der Waals surface area (Å²) in [6.45, 7) is 2.06. The molecule has 0 aliphatic rings. The smallest absolute Gasteiger partial charge is 0.238 e. The van der Waals surface area contributed by atoms with E-state index in [0.29, 0.717) is 16.2 Å². The van der Waals surface area contributed by atoms with Gasteiger partial charge < -0.3 is 10.4 Å². The van der Waals surface area contributed by atoms with Crippen LogP contribution in [0, 0.1) is 5.82 Å². The van der Waals surface area contributed by atoms with Crippen LogP contribution in [0.25, 0.3) is 11.5 Å². The van der Waals surface area contributed by atoms with Gasteiger partial charge in [-0.15, -0.1) is 0 Å². The predicted molar refractivity (Wildman–Crippen MR) is 108 cm³/mol. The first-order valence-electron chi connectivity index (χ1n) is 8.63. The first-order chi connectivity index (χ1) is 13.1. The Bertz CT molecular complexity index is 969. The van der Waals surface area contributed by atoms with Crippen molar-refractivity contribution in [3.63, 3.8) is 0 Å². The summed E-state index contributed by atoms with van der Waals surface area (Å²) in [4.78, 5) is 0.307. The van der Waals surface area contributed by atoms with E-state index in [1.807, 2.05) is 42.5 Å². The van der Waals surface area contributed by atoms with Crippen LogP contribution in [0.5, 0.6) is 0 Å². The summed E-state index contributed by atoms with van der Waals surface area (Å²) in [5.41, 5.74) is 2.65. The third-order valence-corrected chi connectivity index (χ3v) is 4.45. The molecule has 1 heterocycles. The van der Waals surface area contributed by atoms with Crippen molar-refractivity contribution >= 4 is 34.3 Å². The molecule has 0 radical (unpaired) electrons. The molecule has 0 bridgehead atoms. The van der Waals surface area contributed by atoms with Crippen molar-refractivity contribution in [3.05, 3.63) is 96.1 Å². The minimum atomic E-state index is -0.391. The molecule has 2 aromatic carbocycles. The second-order valence-corrected chi connectivity index (χ2v) is 6.34. The number of nitrogens with zero attached hydrogens (tertiary/aromatic N) is 1. The van der Waals surface area contributed by atoms with Gasteiger partial charge in [0.15, 0.2) is 17.4 Å². The third kappa shape index (κ3) is 4.38. The van der Waals surface area contributed by atoms with Gasteiger partial charge in [-0.25, -0.2) is 4.39 Å². The van der Waals surface area contributed by atoms with Crippen molar-refractivity contribution in [3.8, 4) is 0 Å². The number of aryl methyl sites for hydroxylation is 1. The maximum Gasteiger partial charge on any atom is 0.238 e. The van der Waals surface area contributed by atoms with Gasteiger partial charge >= 0.3 is 0 Å². The molecule has 0 saturated carbocycles. The van der Waals surface area contributed by atoms with Crippen LogP contribution in [0.3, 0.4) is 0 Å². The molecule has 5 heteroatoms. The highest BCUT2D eigenvalue weighted by Crippen LogP contribution is 2.20. The standard InChI is InChI=1S/C22H19FN2OS/c1-2-16-8-4-5-9-19(16)24-22(27)20(25-14-6-3-7-15-25)21(26)17-10-12-18(23)13-11-17/h3-15H,2H2,1H3,(H-,24,26,27). The largest absolute Gasteiger partial charge is 0.867 e. The molecule has 0 atom stereocenters. The van der Waals surface area contributed by atoms with Gasteiger partial charge in [-0.3, -0.25) is 0 Å². The highest BCUT2D eigenvalue weighted by atomic mass is 32.1. The van der Waals surface area contributed by atoms with Crippen LogP contribution in [-0.2, 0) is 6.42 Å². The van der Waals surface area contributed by atoms with Crippen molar-refractivity contribution < 1.29 is 14.1 Å². The Kier molecular flexibility index (Phi) is 5.94. The fourth-order valence-corrected chi connectivity index (χ4v) is 3.06. The van der Waals surface area contributed by atoms with Gasteiger partial charge in [0.25, 0.3) is 0 Å². The van der Waals surface area contributed by atoms with E-state index in [4.69, 9.17) is 12.2 Å². The molecule has 136 valence electrons. The predicted octanol–water partition coefficient (Wildman–Crippen LogP) is 3.80. The van der Waals surface area contributed by atoms with Crippen LogP contribution in [-0.4, -0.2) is 4.99 Å². The highest BCUT2D eigenvalue weighted by molar-refractivity contribution is 7.81. The minimum absolute atomic E-state index is 0.280. The topological polar surface area (TPSA) is 39.0 Å². The monoisotopic (exact) mass is 378 g/mol. The lowest BCUT2D eigenvalue weighted by molar-refractivity contribution is -0.577. The molecule has 0 aliphatic heterocycles. The number of halogens is 1. The van der Waals surface area contributed by atoms with Gasteiger partial charge in [0.2, 0.25) is 5.70 Å². The van der Waals surface area contributed by atoms with Crippen molar-refractivity contribution in [2.24, 2.45) is 0 Å². The average molecular weight is 378 g/mol. The first-order valence-corrected chi connectivity index (χ1v) is 9.04. The molecule has 3 nitrogen and oxygen atoms in total. The van der Waals surface area contributed by atoms with Crippen molar-refractivity contribution in [2.75, 3.05) is 5.32 Å². The summed E-state index contributed by atoms with van der Waals surface area (Å²) in [6.07, 6.45) is 4.36. The number of para-hydroxylation sites is 1. The molecule has 0 spiro atoms. The molecule has 0 unspecified atom stereocenters. The second kappa shape index (κ2) is 8.56. The van der Waals surface area contributed by atoms with E-state index in [1.54, 1.807) is 17.0 Å². The fraction of sp³-hybridized carbons (Fsp3) is 0.0909. The molecule has 27 heavy (non-hydrogen) atoms. The van der Waals surface area contributed by atoms with Crippen molar-refractivity contribution in [2.45, 2.75) is 13.3 Å². The van der Waals surface area contributed by atoms with Gasteiger partial charge in [-0.1, -0.05) is 55.5 Å². The molecular formula is C22H19FN2OS. The Morgan fingerprint density at radius 2 is 1.67 bits per heavy atom. The Balaban J connectivity index is 2.06. The number of hydrogen-bond acceptors (Lipinski definition) is 2. The van der Waals surface area contributed by atoms with E-state index in [0.717, 1.165) is 17.7 Å². The molecule has 0 amide bonds. The van der Waals surface area contributed by atoms with Crippen molar-refractivity contribution in [1.29, 1.82) is 0 Å². The summed E-state index contributed by atoms with van der Waals surface area (Å²) in [7, 11) is 0. The summed E-state index contributed by atoms with van der Waals surface area (Å²) < 4.78 is 14.9. The summed E-state index contributed by atoms with van der Waals surface area (Å²) in [6, 6.07) is 18.8. The number of benzene rings is 2. The molecule has 0 aliphatic carbocycles. The van der Waals surface area contributed by atoms with E-state index in [1.165, 1.54) is 24.3 Å². The average Bonchev–Trinajstić information content (AvgIpc) is 2.70. The number of hydrogen-bond donors (Lipinski definition) is 1. The molecule has 3 aromatic rings. The van der Waals surface area contributed by atoms with E-state index >= 15 is 0 Å².